The SMILES string of the molecule is O=C(CCCl)c1ccc(CBr)cc1C(F)F. The molecule has 0 aromatic heterocycles. The van der Waals surface area contributed by atoms with Crippen LogP contribution in [-0.2, 0) is 5.33 Å². The van der Waals surface area contributed by atoms with E-state index in [0.29, 0.717) is 5.33 Å². The standard InChI is InChI=1S/C11H10BrClF2O/c12-6-7-1-2-8(10(16)3-4-13)9(5-7)11(14)15/h1-2,5,11H,3-4,6H2. The molecule has 0 fully saturated rings. The molecule has 1 rings (SSSR count). The fourth-order valence-corrected chi connectivity index (χ4v) is 1.87. The average Bonchev–Trinajstić information content (AvgIpc) is 2.28. The predicted molar refractivity (Wildman–Crippen MR) is 63.7 cm³/mol. The molecule has 0 radical (unpaired) electrons. The second kappa shape index (κ2) is 6.30. The van der Waals surface area contributed by atoms with Crippen LogP contribution in [0.25, 0.3) is 0 Å². The van der Waals surface area contributed by atoms with Crippen molar-refractivity contribution in [1.29, 1.82) is 0 Å². The molecule has 0 aliphatic rings. The van der Waals surface area contributed by atoms with E-state index in [-0.39, 0.29) is 29.2 Å². The molecule has 88 valence electrons. The molecule has 0 atom stereocenters. The van der Waals surface area contributed by atoms with Crippen molar-refractivity contribution in [2.45, 2.75) is 18.2 Å². The van der Waals surface area contributed by atoms with Gasteiger partial charge >= 0.3 is 0 Å². The molecule has 1 nitrogen and oxygen atoms in total. The lowest BCUT2D eigenvalue weighted by Crippen LogP contribution is -2.05. The smallest absolute Gasteiger partial charge is 0.264 e. The maximum absolute atomic E-state index is 12.7. The Balaban J connectivity index is 3.12. The summed E-state index contributed by atoms with van der Waals surface area (Å²) in [6.45, 7) is 0. The Hall–Kier alpha value is -0.480. The normalized spacial score (nSPS) is 10.8. The second-order valence-corrected chi connectivity index (χ2v) is 4.16. The number of ketones is 1. The van der Waals surface area contributed by atoms with E-state index in [0.717, 1.165) is 5.56 Å². The highest BCUT2D eigenvalue weighted by Crippen LogP contribution is 2.26. The van der Waals surface area contributed by atoms with Crippen LogP contribution in [0.3, 0.4) is 0 Å². The van der Waals surface area contributed by atoms with E-state index in [9.17, 15) is 13.6 Å². The van der Waals surface area contributed by atoms with E-state index in [1.807, 2.05) is 0 Å². The van der Waals surface area contributed by atoms with Crippen molar-refractivity contribution in [3.05, 3.63) is 34.9 Å². The fourth-order valence-electron chi connectivity index (χ4n) is 1.35. The number of alkyl halides is 4. The van der Waals surface area contributed by atoms with Gasteiger partial charge in [0.15, 0.2) is 5.78 Å². The molecule has 1 aromatic carbocycles. The van der Waals surface area contributed by atoms with Crippen molar-refractivity contribution in [2.24, 2.45) is 0 Å². The van der Waals surface area contributed by atoms with Gasteiger partial charge in [-0.15, -0.1) is 11.6 Å². The van der Waals surface area contributed by atoms with Crippen molar-refractivity contribution in [2.75, 3.05) is 5.88 Å². The lowest BCUT2D eigenvalue weighted by molar-refractivity contribution is 0.0975. The summed E-state index contributed by atoms with van der Waals surface area (Å²) in [6, 6.07) is 4.44. The lowest BCUT2D eigenvalue weighted by atomic mass is 10.00. The number of benzene rings is 1. The van der Waals surface area contributed by atoms with Crippen molar-refractivity contribution in [1.82, 2.24) is 0 Å². The Labute approximate surface area is 106 Å². The maximum Gasteiger partial charge on any atom is 0.264 e. The molecule has 5 heteroatoms. The van der Waals surface area contributed by atoms with Crippen molar-refractivity contribution < 1.29 is 13.6 Å². The third-order valence-corrected chi connectivity index (χ3v) is 2.96. The van der Waals surface area contributed by atoms with Crippen LogP contribution in [-0.4, -0.2) is 11.7 Å². The predicted octanol–water partition coefficient (Wildman–Crippen LogP) is 4.33. The molecule has 0 unspecified atom stereocenters. The first-order valence-electron chi connectivity index (χ1n) is 4.66. The molecule has 16 heavy (non-hydrogen) atoms. The number of carbonyl (C=O) groups is 1. The van der Waals surface area contributed by atoms with Gasteiger partial charge in [-0.1, -0.05) is 28.1 Å². The largest absolute Gasteiger partial charge is 0.294 e. The van der Waals surface area contributed by atoms with E-state index < -0.39 is 6.43 Å². The van der Waals surface area contributed by atoms with E-state index >= 15 is 0 Å². The summed E-state index contributed by atoms with van der Waals surface area (Å²) in [4.78, 5) is 11.5. The molecule has 0 aliphatic heterocycles. The van der Waals surface area contributed by atoms with Gasteiger partial charge in [0.2, 0.25) is 0 Å². The third-order valence-electron chi connectivity index (χ3n) is 2.13. The Kier molecular flexibility index (Phi) is 5.35. The first kappa shape index (κ1) is 13.6. The maximum atomic E-state index is 12.7. The van der Waals surface area contributed by atoms with E-state index in [1.54, 1.807) is 6.07 Å². The monoisotopic (exact) mass is 310 g/mol. The highest BCUT2D eigenvalue weighted by Gasteiger charge is 2.18. The molecule has 0 amide bonds. The van der Waals surface area contributed by atoms with Crippen LogP contribution in [0.15, 0.2) is 18.2 Å². The molecule has 0 N–H and O–H groups in total. The summed E-state index contributed by atoms with van der Waals surface area (Å²) in [5.41, 5.74) is 0.574. The van der Waals surface area contributed by atoms with Gasteiger partial charge in [-0.05, 0) is 11.6 Å². The number of hydrogen-bond acceptors (Lipinski definition) is 1. The Bertz CT molecular complexity index is 382. The van der Waals surface area contributed by atoms with Gasteiger partial charge in [-0.2, -0.15) is 0 Å². The summed E-state index contributed by atoms with van der Waals surface area (Å²) < 4.78 is 25.5. The van der Waals surface area contributed by atoms with Crippen LogP contribution in [0, 0.1) is 0 Å². The average molecular weight is 312 g/mol. The molecule has 0 spiro atoms. The minimum absolute atomic E-state index is 0.0698. The zero-order valence-electron chi connectivity index (χ0n) is 8.35. The van der Waals surface area contributed by atoms with Gasteiger partial charge in [0.05, 0.1) is 0 Å². The molecule has 1 aromatic rings. The lowest BCUT2D eigenvalue weighted by Gasteiger charge is -2.08. The number of halogens is 4. The number of carbonyl (C=O) groups excluding carboxylic acids is 1. The van der Waals surface area contributed by atoms with E-state index in [2.05, 4.69) is 15.9 Å². The highest BCUT2D eigenvalue weighted by atomic mass is 79.9. The molecule has 0 aliphatic carbocycles. The van der Waals surface area contributed by atoms with E-state index in [4.69, 9.17) is 11.6 Å². The Morgan fingerprint density at radius 3 is 2.62 bits per heavy atom. The molecular formula is C11H10BrClF2O. The number of Topliss-reactive ketones (excluding diaryl/α,β-unsaturated/α-hetero) is 1. The molecule has 0 saturated heterocycles. The topological polar surface area (TPSA) is 17.1 Å². The summed E-state index contributed by atoms with van der Waals surface area (Å²) in [5, 5.41) is 0.483. The van der Waals surface area contributed by atoms with Gasteiger partial charge in [-0.3, -0.25) is 4.79 Å². The van der Waals surface area contributed by atoms with Gasteiger partial charge in [-0.25, -0.2) is 8.78 Å². The summed E-state index contributed by atoms with van der Waals surface area (Å²) in [5.74, 6) is -0.201. The van der Waals surface area contributed by atoms with Crippen LogP contribution in [0.2, 0.25) is 0 Å². The quantitative estimate of drug-likeness (QED) is 0.584. The summed E-state index contributed by atoms with van der Waals surface area (Å²) in [6.07, 6.45) is -2.57. The van der Waals surface area contributed by atoms with Gasteiger partial charge < -0.3 is 0 Å². The second-order valence-electron chi connectivity index (χ2n) is 3.22. The Morgan fingerprint density at radius 2 is 2.12 bits per heavy atom. The van der Waals surface area contributed by atoms with Gasteiger partial charge in [0, 0.05) is 28.8 Å². The first-order valence-corrected chi connectivity index (χ1v) is 6.31. The molecule has 0 saturated carbocycles. The Morgan fingerprint density at radius 1 is 1.44 bits per heavy atom. The first-order chi connectivity index (χ1) is 7.60. The van der Waals surface area contributed by atoms with Crippen LogP contribution in [0.4, 0.5) is 8.78 Å². The minimum atomic E-state index is -2.65. The van der Waals surface area contributed by atoms with Crippen LogP contribution < -0.4 is 0 Å². The van der Waals surface area contributed by atoms with Crippen LogP contribution in [0.5, 0.6) is 0 Å². The zero-order valence-corrected chi connectivity index (χ0v) is 10.7. The summed E-state index contributed by atoms with van der Waals surface area (Å²) in [7, 11) is 0. The number of rotatable bonds is 5. The van der Waals surface area contributed by atoms with Gasteiger partial charge in [0.1, 0.15) is 0 Å². The molecule has 0 bridgehead atoms. The number of hydrogen-bond donors (Lipinski definition) is 0. The fraction of sp³-hybridized carbons (Fsp3) is 0.364. The molecular weight excluding hydrogens is 301 g/mol. The van der Waals surface area contributed by atoms with Crippen molar-refractivity contribution in [3.8, 4) is 0 Å². The summed E-state index contributed by atoms with van der Waals surface area (Å²) >= 11 is 8.60. The minimum Gasteiger partial charge on any atom is -0.294 e. The van der Waals surface area contributed by atoms with Crippen LogP contribution in [0.1, 0.15) is 34.3 Å². The van der Waals surface area contributed by atoms with E-state index in [1.165, 1.54) is 12.1 Å². The van der Waals surface area contributed by atoms with Crippen LogP contribution >= 0.6 is 27.5 Å². The zero-order chi connectivity index (χ0) is 12.1. The van der Waals surface area contributed by atoms with Gasteiger partial charge in [0.25, 0.3) is 6.43 Å². The molecule has 0 heterocycles. The van der Waals surface area contributed by atoms with Crippen molar-refractivity contribution >= 4 is 33.3 Å². The van der Waals surface area contributed by atoms with Crippen molar-refractivity contribution in [3.63, 3.8) is 0 Å². The highest BCUT2D eigenvalue weighted by molar-refractivity contribution is 9.08. The third kappa shape index (κ3) is 3.25.